The van der Waals surface area contributed by atoms with Gasteiger partial charge in [0.05, 0.1) is 5.75 Å². The Morgan fingerprint density at radius 1 is 1.67 bits per heavy atom. The Balaban J connectivity index is 2.97. The molecule has 0 amide bonds. The lowest BCUT2D eigenvalue weighted by atomic mass is 10.7. The third-order valence-corrected chi connectivity index (χ3v) is 2.44. The number of hydrogen-bond donors (Lipinski definition) is 1. The van der Waals surface area contributed by atoms with Crippen LogP contribution in [0.1, 0.15) is 0 Å². The maximum absolute atomic E-state index is 11.0. The third-order valence-electron chi connectivity index (χ3n) is 1.52. The van der Waals surface area contributed by atoms with Crippen molar-refractivity contribution in [1.29, 1.82) is 0 Å². The van der Waals surface area contributed by atoms with Gasteiger partial charge in [0.25, 0.3) is 5.56 Å². The van der Waals surface area contributed by atoms with Gasteiger partial charge in [-0.1, -0.05) is 11.8 Å². The van der Waals surface area contributed by atoms with Crippen molar-refractivity contribution in [1.82, 2.24) is 9.66 Å². The van der Waals surface area contributed by atoms with Gasteiger partial charge in [0, 0.05) is 26.4 Å². The molecule has 0 aliphatic heterocycles. The van der Waals surface area contributed by atoms with Crippen LogP contribution >= 0.6 is 11.8 Å². The third kappa shape index (κ3) is 3.28. The van der Waals surface area contributed by atoms with Gasteiger partial charge in [-0.25, -0.2) is 4.68 Å². The summed E-state index contributed by atoms with van der Waals surface area (Å²) in [5.41, 5.74) is -0.374. The highest BCUT2D eigenvalue weighted by molar-refractivity contribution is 7.99. The van der Waals surface area contributed by atoms with E-state index in [1.807, 2.05) is 0 Å². The normalized spacial score (nSPS) is 10.0. The lowest BCUT2D eigenvalue weighted by Gasteiger charge is -2.18. The average molecular weight is 229 g/mol. The molecule has 1 heterocycles. The number of carboxylic acids is 1. The highest BCUT2D eigenvalue weighted by Gasteiger charge is 2.07. The van der Waals surface area contributed by atoms with Crippen molar-refractivity contribution in [3.05, 3.63) is 22.6 Å². The molecule has 0 aromatic carbocycles. The van der Waals surface area contributed by atoms with Crippen molar-refractivity contribution in [2.24, 2.45) is 0 Å². The Morgan fingerprint density at radius 3 is 2.87 bits per heavy atom. The van der Waals surface area contributed by atoms with Crippen molar-refractivity contribution in [3.63, 3.8) is 0 Å². The first-order chi connectivity index (χ1) is 7.00. The second-order valence-corrected chi connectivity index (χ2v) is 3.87. The molecular weight excluding hydrogens is 218 g/mol. The fourth-order valence-electron chi connectivity index (χ4n) is 0.910. The Bertz CT molecular complexity index is 416. The first-order valence-electron chi connectivity index (χ1n) is 4.12. The minimum atomic E-state index is -0.941. The summed E-state index contributed by atoms with van der Waals surface area (Å²) < 4.78 is 1.61. The van der Waals surface area contributed by atoms with Crippen LogP contribution in [0, 0.1) is 0 Å². The van der Waals surface area contributed by atoms with E-state index in [0.717, 1.165) is 11.8 Å². The number of carbonyl (C=O) groups is 1. The van der Waals surface area contributed by atoms with Crippen LogP contribution in [0.4, 0.5) is 0 Å². The van der Waals surface area contributed by atoms with Crippen LogP contribution in [-0.2, 0) is 4.79 Å². The van der Waals surface area contributed by atoms with Crippen LogP contribution in [0.5, 0.6) is 0 Å². The maximum atomic E-state index is 11.0. The van der Waals surface area contributed by atoms with Crippen molar-refractivity contribution in [2.45, 2.75) is 5.16 Å². The zero-order valence-corrected chi connectivity index (χ0v) is 9.19. The van der Waals surface area contributed by atoms with E-state index in [0.29, 0.717) is 5.16 Å². The van der Waals surface area contributed by atoms with E-state index < -0.39 is 5.97 Å². The van der Waals surface area contributed by atoms with Gasteiger partial charge in [-0.3, -0.25) is 9.59 Å². The lowest BCUT2D eigenvalue weighted by molar-refractivity contribution is -0.133. The van der Waals surface area contributed by atoms with Crippen molar-refractivity contribution in [3.8, 4) is 0 Å². The maximum Gasteiger partial charge on any atom is 0.313 e. The number of aromatic nitrogens is 2. The highest BCUT2D eigenvalue weighted by Crippen LogP contribution is 2.12. The molecule has 1 rings (SSSR count). The number of hydrogen-bond acceptors (Lipinski definition) is 5. The number of thioether (sulfide) groups is 1. The molecule has 0 unspecified atom stereocenters. The molecule has 0 aliphatic rings. The Hall–Kier alpha value is -1.50. The minimum absolute atomic E-state index is 0.121. The van der Waals surface area contributed by atoms with E-state index in [9.17, 15) is 9.59 Å². The monoisotopic (exact) mass is 229 g/mol. The summed E-state index contributed by atoms with van der Waals surface area (Å²) in [6.45, 7) is 0. The summed E-state index contributed by atoms with van der Waals surface area (Å²) in [5.74, 6) is -1.06. The van der Waals surface area contributed by atoms with Crippen LogP contribution in [0.15, 0.2) is 22.2 Å². The largest absolute Gasteiger partial charge is 0.481 e. The van der Waals surface area contributed by atoms with Crippen LogP contribution in [0.25, 0.3) is 0 Å². The van der Waals surface area contributed by atoms with Gasteiger partial charge in [0.2, 0.25) is 0 Å². The zero-order valence-electron chi connectivity index (χ0n) is 8.38. The SMILES string of the molecule is CN(C)n1ccc(=O)nc1SCC(=O)O. The second kappa shape index (κ2) is 4.83. The molecule has 15 heavy (non-hydrogen) atoms. The first kappa shape index (κ1) is 11.6. The van der Waals surface area contributed by atoms with Gasteiger partial charge in [-0.05, 0) is 0 Å². The topological polar surface area (TPSA) is 75.4 Å². The molecule has 0 saturated heterocycles. The molecule has 82 valence electrons. The van der Waals surface area contributed by atoms with Crippen molar-refractivity contribution < 1.29 is 9.90 Å². The molecule has 0 radical (unpaired) electrons. The van der Waals surface area contributed by atoms with Gasteiger partial charge < -0.3 is 10.1 Å². The molecule has 0 aliphatic carbocycles. The molecular formula is C8H11N3O3S. The summed E-state index contributed by atoms with van der Waals surface area (Å²) in [4.78, 5) is 25.1. The number of nitrogens with zero attached hydrogens (tertiary/aromatic N) is 3. The van der Waals surface area contributed by atoms with Crippen molar-refractivity contribution in [2.75, 3.05) is 24.9 Å². The first-order valence-corrected chi connectivity index (χ1v) is 5.11. The Morgan fingerprint density at radius 2 is 2.33 bits per heavy atom. The van der Waals surface area contributed by atoms with Crippen LogP contribution in [-0.4, -0.2) is 40.6 Å². The summed E-state index contributed by atoms with van der Waals surface area (Å²) in [5, 5.41) is 10.6. The van der Waals surface area contributed by atoms with E-state index in [-0.39, 0.29) is 11.3 Å². The van der Waals surface area contributed by atoms with Gasteiger partial charge in [0.15, 0.2) is 5.16 Å². The quantitative estimate of drug-likeness (QED) is 0.560. The van der Waals surface area contributed by atoms with Gasteiger partial charge in [0.1, 0.15) is 0 Å². The van der Waals surface area contributed by atoms with Crippen molar-refractivity contribution >= 4 is 17.7 Å². The van der Waals surface area contributed by atoms with Crippen LogP contribution in [0.3, 0.4) is 0 Å². The minimum Gasteiger partial charge on any atom is -0.481 e. The summed E-state index contributed by atoms with van der Waals surface area (Å²) in [6.07, 6.45) is 1.56. The molecule has 0 atom stereocenters. The van der Waals surface area contributed by atoms with E-state index in [1.165, 1.54) is 6.07 Å². The number of carboxylic acid groups (broad SMARTS) is 1. The molecule has 1 N–H and O–H groups in total. The molecule has 1 aromatic heterocycles. The van der Waals surface area contributed by atoms with E-state index in [2.05, 4.69) is 4.98 Å². The highest BCUT2D eigenvalue weighted by atomic mass is 32.2. The van der Waals surface area contributed by atoms with E-state index in [4.69, 9.17) is 5.11 Å². The van der Waals surface area contributed by atoms with E-state index in [1.54, 1.807) is 30.0 Å². The second-order valence-electron chi connectivity index (χ2n) is 2.92. The average Bonchev–Trinajstić information content (AvgIpc) is 2.14. The molecule has 0 bridgehead atoms. The number of rotatable bonds is 4. The summed E-state index contributed by atoms with van der Waals surface area (Å²) >= 11 is 1.01. The Kier molecular flexibility index (Phi) is 3.73. The standard InChI is InChI=1S/C8H11N3O3S/c1-10(2)11-4-3-6(12)9-8(11)15-5-7(13)14/h3-4H,5H2,1-2H3,(H,13,14). The molecule has 0 fully saturated rings. The molecule has 7 heteroatoms. The summed E-state index contributed by atoms with van der Waals surface area (Å²) in [7, 11) is 3.55. The lowest BCUT2D eigenvalue weighted by Crippen LogP contribution is -2.29. The predicted molar refractivity (Wildman–Crippen MR) is 56.9 cm³/mol. The van der Waals surface area contributed by atoms with Gasteiger partial charge in [-0.2, -0.15) is 4.98 Å². The van der Waals surface area contributed by atoms with Gasteiger partial charge >= 0.3 is 5.97 Å². The molecule has 6 nitrogen and oxygen atoms in total. The predicted octanol–water partition coefficient (Wildman–Crippen LogP) is -0.382. The van der Waals surface area contributed by atoms with Crippen LogP contribution < -0.4 is 10.6 Å². The smallest absolute Gasteiger partial charge is 0.313 e. The molecule has 1 aromatic rings. The molecule has 0 spiro atoms. The molecule has 0 saturated carbocycles. The number of aliphatic carboxylic acids is 1. The van der Waals surface area contributed by atoms with Gasteiger partial charge in [-0.15, -0.1) is 0 Å². The van der Waals surface area contributed by atoms with E-state index >= 15 is 0 Å². The zero-order chi connectivity index (χ0) is 11.4. The summed E-state index contributed by atoms with van der Waals surface area (Å²) in [6, 6.07) is 1.32. The Labute approximate surface area is 90.5 Å². The fourth-order valence-corrected chi connectivity index (χ4v) is 1.67. The van der Waals surface area contributed by atoms with Crippen LogP contribution in [0.2, 0.25) is 0 Å². The fraction of sp³-hybridized carbons (Fsp3) is 0.375.